The number of thiazole rings is 1. The van der Waals surface area contributed by atoms with E-state index >= 15 is 0 Å². The second-order valence-electron chi connectivity index (χ2n) is 3.22. The Balaban J connectivity index is 1.98. The van der Waals surface area contributed by atoms with Crippen LogP contribution in [0.25, 0.3) is 4.96 Å². The molecule has 0 atom stereocenters. The second-order valence-corrected chi connectivity index (χ2v) is 6.41. The average molecular weight is 270 g/mol. The van der Waals surface area contributed by atoms with E-state index in [0.717, 1.165) is 32.4 Å². The van der Waals surface area contributed by atoms with Gasteiger partial charge in [0.05, 0.1) is 12.2 Å². The number of thioether (sulfide) groups is 2. The smallest absolute Gasteiger partial charge is 0.194 e. The van der Waals surface area contributed by atoms with Gasteiger partial charge in [0, 0.05) is 23.9 Å². The molecule has 0 amide bonds. The van der Waals surface area contributed by atoms with E-state index < -0.39 is 0 Å². The summed E-state index contributed by atoms with van der Waals surface area (Å²) in [6.45, 7) is 1.44. The van der Waals surface area contributed by atoms with Crippen LogP contribution in [0.3, 0.4) is 0 Å². The number of aromatic nitrogens is 2. The number of aliphatic imine (C=N–C) groups is 1. The van der Waals surface area contributed by atoms with Crippen LogP contribution < -0.4 is 5.73 Å². The van der Waals surface area contributed by atoms with E-state index in [1.54, 1.807) is 34.9 Å². The number of fused-ring (bicyclic) bond motifs is 1. The van der Waals surface area contributed by atoms with Crippen LogP contribution in [0.15, 0.2) is 21.6 Å². The quantitative estimate of drug-likeness (QED) is 0.907. The van der Waals surface area contributed by atoms with Gasteiger partial charge < -0.3 is 5.73 Å². The zero-order chi connectivity index (χ0) is 11.0. The van der Waals surface area contributed by atoms with E-state index in [1.807, 2.05) is 11.6 Å². The van der Waals surface area contributed by atoms with Gasteiger partial charge in [-0.2, -0.15) is 0 Å². The fraction of sp³-hybridized carbons (Fsp3) is 0.333. The molecular formula is C9H10N4S3. The van der Waals surface area contributed by atoms with E-state index in [-0.39, 0.29) is 0 Å². The summed E-state index contributed by atoms with van der Waals surface area (Å²) in [7, 11) is 0. The highest BCUT2D eigenvalue weighted by atomic mass is 32.2. The lowest BCUT2D eigenvalue weighted by Gasteiger charge is -1.99. The molecule has 4 nitrogen and oxygen atoms in total. The van der Waals surface area contributed by atoms with Gasteiger partial charge in [0.1, 0.15) is 9.40 Å². The first kappa shape index (κ1) is 10.6. The van der Waals surface area contributed by atoms with Crippen molar-refractivity contribution in [2.45, 2.75) is 11.6 Å². The molecule has 2 aromatic heterocycles. The zero-order valence-electron chi connectivity index (χ0n) is 8.42. The van der Waals surface area contributed by atoms with E-state index in [4.69, 9.17) is 5.73 Å². The standard InChI is InChI=1S/C9H10N4S3/c10-5-6-7(16-9-11-1-3-15-9)12-8-13(6)2-4-14-8/h2,4H,1,3,5,10H2. The van der Waals surface area contributed by atoms with Crippen LogP contribution in [0.2, 0.25) is 0 Å². The SMILES string of the molecule is NCc1c(SC2=NCCS2)nc2sccn12. The Hall–Kier alpha value is -0.500. The van der Waals surface area contributed by atoms with E-state index in [0.29, 0.717) is 6.54 Å². The van der Waals surface area contributed by atoms with Crippen LogP contribution in [-0.2, 0) is 6.54 Å². The lowest BCUT2D eigenvalue weighted by atomic mass is 10.5. The van der Waals surface area contributed by atoms with Crippen LogP contribution in [0, 0.1) is 0 Å². The topological polar surface area (TPSA) is 55.7 Å². The highest BCUT2D eigenvalue weighted by Crippen LogP contribution is 2.32. The molecule has 0 bridgehead atoms. The zero-order valence-corrected chi connectivity index (χ0v) is 10.9. The summed E-state index contributed by atoms with van der Waals surface area (Å²) in [6, 6.07) is 0. The van der Waals surface area contributed by atoms with Crippen LogP contribution >= 0.6 is 34.9 Å². The van der Waals surface area contributed by atoms with Gasteiger partial charge in [-0.1, -0.05) is 11.8 Å². The Morgan fingerprint density at radius 2 is 2.50 bits per heavy atom. The van der Waals surface area contributed by atoms with Crippen molar-refractivity contribution >= 4 is 44.2 Å². The summed E-state index contributed by atoms with van der Waals surface area (Å²) in [5, 5.41) is 3.03. The highest BCUT2D eigenvalue weighted by Gasteiger charge is 2.16. The second kappa shape index (κ2) is 4.40. The van der Waals surface area contributed by atoms with Crippen molar-refractivity contribution in [3.8, 4) is 0 Å². The van der Waals surface area contributed by atoms with Crippen molar-refractivity contribution < 1.29 is 0 Å². The number of hydrogen-bond acceptors (Lipinski definition) is 6. The summed E-state index contributed by atoms with van der Waals surface area (Å²) in [4.78, 5) is 10.0. The predicted molar refractivity (Wildman–Crippen MR) is 71.6 cm³/mol. The fourth-order valence-corrected chi connectivity index (χ4v) is 4.35. The van der Waals surface area contributed by atoms with Gasteiger partial charge in [0.25, 0.3) is 0 Å². The summed E-state index contributed by atoms with van der Waals surface area (Å²) in [5.74, 6) is 1.09. The molecule has 0 saturated heterocycles. The third-order valence-electron chi connectivity index (χ3n) is 2.26. The van der Waals surface area contributed by atoms with Crippen LogP contribution in [0.5, 0.6) is 0 Å². The molecule has 0 spiro atoms. The Labute approximate surface area is 105 Å². The first-order valence-electron chi connectivity index (χ1n) is 4.88. The molecule has 0 aromatic carbocycles. The molecule has 16 heavy (non-hydrogen) atoms. The Bertz CT molecular complexity index is 542. The number of hydrogen-bond donors (Lipinski definition) is 1. The van der Waals surface area contributed by atoms with Crippen molar-refractivity contribution in [1.82, 2.24) is 9.38 Å². The third-order valence-corrected chi connectivity index (χ3v) is 5.21. The lowest BCUT2D eigenvalue weighted by molar-refractivity contribution is 0.926. The van der Waals surface area contributed by atoms with Crippen molar-refractivity contribution in [2.24, 2.45) is 10.7 Å². The molecule has 2 aromatic rings. The fourth-order valence-electron chi connectivity index (χ4n) is 1.54. The summed E-state index contributed by atoms with van der Waals surface area (Å²) < 4.78 is 3.17. The van der Waals surface area contributed by atoms with Gasteiger partial charge in [-0.3, -0.25) is 9.39 Å². The normalized spacial score (nSPS) is 15.9. The molecule has 84 valence electrons. The maximum absolute atomic E-state index is 5.78. The Morgan fingerprint density at radius 1 is 1.56 bits per heavy atom. The monoisotopic (exact) mass is 270 g/mol. The van der Waals surface area contributed by atoms with Gasteiger partial charge in [-0.15, -0.1) is 11.3 Å². The van der Waals surface area contributed by atoms with E-state index in [2.05, 4.69) is 14.4 Å². The maximum atomic E-state index is 5.78. The van der Waals surface area contributed by atoms with E-state index in [1.165, 1.54) is 0 Å². The summed E-state index contributed by atoms with van der Waals surface area (Å²) in [5.41, 5.74) is 6.86. The molecule has 3 heterocycles. The van der Waals surface area contributed by atoms with E-state index in [9.17, 15) is 0 Å². The van der Waals surface area contributed by atoms with Gasteiger partial charge in [-0.25, -0.2) is 4.98 Å². The minimum absolute atomic E-state index is 0.512. The Kier molecular flexibility index (Phi) is 2.93. The molecule has 3 rings (SSSR count). The maximum Gasteiger partial charge on any atom is 0.194 e. The predicted octanol–water partition coefficient (Wildman–Crippen LogP) is 2.05. The Morgan fingerprint density at radius 3 is 3.25 bits per heavy atom. The van der Waals surface area contributed by atoms with Crippen molar-refractivity contribution in [3.05, 3.63) is 17.3 Å². The van der Waals surface area contributed by atoms with Crippen LogP contribution in [0.4, 0.5) is 0 Å². The van der Waals surface area contributed by atoms with Gasteiger partial charge >= 0.3 is 0 Å². The third kappa shape index (κ3) is 1.77. The first-order chi connectivity index (χ1) is 7.88. The molecular weight excluding hydrogens is 260 g/mol. The number of rotatable bonds is 2. The van der Waals surface area contributed by atoms with Crippen molar-refractivity contribution in [3.63, 3.8) is 0 Å². The minimum Gasteiger partial charge on any atom is -0.325 e. The molecule has 0 saturated carbocycles. The highest BCUT2D eigenvalue weighted by molar-refractivity contribution is 8.39. The van der Waals surface area contributed by atoms with Crippen molar-refractivity contribution in [2.75, 3.05) is 12.3 Å². The summed E-state index contributed by atoms with van der Waals surface area (Å²) in [6.07, 6.45) is 2.02. The van der Waals surface area contributed by atoms with Gasteiger partial charge in [0.2, 0.25) is 0 Å². The molecule has 0 unspecified atom stereocenters. The number of imidazole rings is 1. The molecule has 0 radical (unpaired) electrons. The molecule has 0 fully saturated rings. The molecule has 7 heteroatoms. The van der Waals surface area contributed by atoms with Gasteiger partial charge in [0.15, 0.2) is 4.96 Å². The first-order valence-corrected chi connectivity index (χ1v) is 7.56. The molecule has 0 aliphatic carbocycles. The minimum atomic E-state index is 0.512. The van der Waals surface area contributed by atoms with Gasteiger partial charge in [-0.05, 0) is 11.8 Å². The van der Waals surface area contributed by atoms with Crippen molar-refractivity contribution in [1.29, 1.82) is 0 Å². The summed E-state index contributed by atoms with van der Waals surface area (Å²) >= 11 is 5.07. The lowest BCUT2D eigenvalue weighted by Crippen LogP contribution is -2.01. The number of nitrogens with zero attached hydrogens (tertiary/aromatic N) is 3. The van der Waals surface area contributed by atoms with Crippen LogP contribution in [-0.4, -0.2) is 26.1 Å². The molecule has 1 aliphatic heterocycles. The average Bonchev–Trinajstić information content (AvgIpc) is 2.93. The van der Waals surface area contributed by atoms with Crippen LogP contribution in [0.1, 0.15) is 5.69 Å². The number of nitrogens with two attached hydrogens (primary N) is 1. The molecule has 1 aliphatic rings. The molecule has 2 N–H and O–H groups in total. The largest absolute Gasteiger partial charge is 0.325 e.